The minimum absolute atomic E-state index is 0.113. The number of hydrogen-bond donors (Lipinski definition) is 2. The molecule has 0 aliphatic heterocycles. The maximum Gasteiger partial charge on any atom is 0.272 e. The molecule has 0 bridgehead atoms. The van der Waals surface area contributed by atoms with Gasteiger partial charge in [-0.3, -0.25) is 9.36 Å². The molecule has 0 unspecified atom stereocenters. The number of H-pyrrole nitrogens is 1. The number of hydrogen-bond acceptors (Lipinski definition) is 6. The molecule has 3 heterocycles. The molecule has 0 radical (unpaired) electrons. The van der Waals surface area contributed by atoms with E-state index in [1.165, 1.54) is 0 Å². The largest absolute Gasteiger partial charge is 0.382 e. The number of fused-ring (bicyclic) bond motifs is 1. The minimum atomic E-state index is -0.190. The van der Waals surface area contributed by atoms with Gasteiger partial charge < -0.3 is 19.8 Å². The van der Waals surface area contributed by atoms with Crippen LogP contribution in [0.15, 0.2) is 24.8 Å². The van der Waals surface area contributed by atoms with Crippen molar-refractivity contribution in [1.82, 2.24) is 29.8 Å². The number of aromatic nitrogens is 5. The van der Waals surface area contributed by atoms with Gasteiger partial charge in [0.25, 0.3) is 5.91 Å². The molecule has 1 saturated carbocycles. The first kappa shape index (κ1) is 19.5. The van der Waals surface area contributed by atoms with Gasteiger partial charge in [-0.05, 0) is 38.7 Å². The fraction of sp³-hybridized carbons (Fsp3) is 0.500. The Morgan fingerprint density at radius 1 is 1.28 bits per heavy atom. The van der Waals surface area contributed by atoms with Gasteiger partial charge in [0.2, 0.25) is 5.95 Å². The summed E-state index contributed by atoms with van der Waals surface area (Å²) in [5.74, 6) is 0.235. The van der Waals surface area contributed by atoms with Crippen LogP contribution in [0.25, 0.3) is 17.0 Å². The summed E-state index contributed by atoms with van der Waals surface area (Å²) in [5, 5.41) is 3.14. The van der Waals surface area contributed by atoms with E-state index in [1.807, 2.05) is 13.0 Å². The van der Waals surface area contributed by atoms with E-state index < -0.39 is 0 Å². The normalized spacial score (nSPS) is 19.5. The molecule has 9 heteroatoms. The topological polar surface area (TPSA) is 107 Å². The van der Waals surface area contributed by atoms with E-state index in [0.29, 0.717) is 35.9 Å². The van der Waals surface area contributed by atoms with Crippen LogP contribution in [-0.4, -0.2) is 62.9 Å². The first-order valence-corrected chi connectivity index (χ1v) is 9.91. The fourth-order valence-electron chi connectivity index (χ4n) is 3.71. The van der Waals surface area contributed by atoms with Crippen molar-refractivity contribution in [2.75, 3.05) is 20.3 Å². The highest BCUT2D eigenvalue weighted by molar-refractivity contribution is 6.03. The Morgan fingerprint density at radius 3 is 2.83 bits per heavy atom. The summed E-state index contributed by atoms with van der Waals surface area (Å²) >= 11 is 0. The highest BCUT2D eigenvalue weighted by Crippen LogP contribution is 2.23. The number of aryl methyl sites for hydroxylation is 1. The summed E-state index contributed by atoms with van der Waals surface area (Å²) in [6.45, 7) is 3.15. The van der Waals surface area contributed by atoms with E-state index in [4.69, 9.17) is 9.47 Å². The van der Waals surface area contributed by atoms with Crippen molar-refractivity contribution >= 4 is 16.9 Å². The molecule has 1 amide bonds. The Balaban J connectivity index is 1.47. The molecule has 4 rings (SSSR count). The van der Waals surface area contributed by atoms with Gasteiger partial charge in [-0.1, -0.05) is 0 Å². The zero-order valence-corrected chi connectivity index (χ0v) is 16.7. The number of rotatable bonds is 7. The molecule has 3 aromatic rings. The Morgan fingerprint density at radius 2 is 2.10 bits per heavy atom. The van der Waals surface area contributed by atoms with Gasteiger partial charge in [0.15, 0.2) is 5.69 Å². The van der Waals surface area contributed by atoms with E-state index in [2.05, 4.69) is 25.3 Å². The fourth-order valence-corrected chi connectivity index (χ4v) is 3.71. The van der Waals surface area contributed by atoms with Gasteiger partial charge >= 0.3 is 0 Å². The quantitative estimate of drug-likeness (QED) is 0.591. The van der Waals surface area contributed by atoms with Gasteiger partial charge in [-0.25, -0.2) is 15.0 Å². The van der Waals surface area contributed by atoms with E-state index in [-0.39, 0.29) is 18.1 Å². The Hall–Kier alpha value is -2.78. The maximum atomic E-state index is 13.1. The first-order chi connectivity index (χ1) is 14.1. The average Bonchev–Trinajstić information content (AvgIpc) is 3.37. The van der Waals surface area contributed by atoms with Crippen LogP contribution < -0.4 is 5.32 Å². The third-order valence-electron chi connectivity index (χ3n) is 5.20. The van der Waals surface area contributed by atoms with Crippen LogP contribution >= 0.6 is 0 Å². The van der Waals surface area contributed by atoms with Crippen molar-refractivity contribution < 1.29 is 14.3 Å². The molecular formula is C20H26N6O3. The number of nitrogens with one attached hydrogen (secondary N) is 2. The molecule has 9 nitrogen and oxygen atoms in total. The monoisotopic (exact) mass is 398 g/mol. The lowest BCUT2D eigenvalue weighted by atomic mass is 9.93. The number of carbonyl (C=O) groups is 1. The van der Waals surface area contributed by atoms with Crippen LogP contribution in [0.5, 0.6) is 0 Å². The van der Waals surface area contributed by atoms with Crippen molar-refractivity contribution in [3.05, 3.63) is 36.2 Å². The SMILES string of the molecule is COCCO[C@H]1CC[C@H](NC(=O)c2nc(-n3ccnc3)nc3cc(C)[nH]c23)CC1. The minimum Gasteiger partial charge on any atom is -0.382 e. The van der Waals surface area contributed by atoms with Crippen molar-refractivity contribution in [2.24, 2.45) is 0 Å². The zero-order valence-electron chi connectivity index (χ0n) is 16.7. The molecule has 3 aromatic heterocycles. The average molecular weight is 398 g/mol. The number of nitrogens with zero attached hydrogens (tertiary/aromatic N) is 4. The molecule has 154 valence electrons. The molecule has 0 aromatic carbocycles. The molecule has 1 aliphatic carbocycles. The van der Waals surface area contributed by atoms with Crippen LogP contribution in [0.4, 0.5) is 0 Å². The molecule has 0 atom stereocenters. The van der Waals surface area contributed by atoms with Crippen LogP contribution in [0, 0.1) is 6.92 Å². The standard InChI is InChI=1S/C20H26N6O3/c1-13-11-16-17(22-13)18(25-20(24-16)26-8-7-21-12-26)19(27)23-14-3-5-15(6-4-14)29-10-9-28-2/h7-8,11-12,14-15,22H,3-6,9-10H2,1-2H3,(H,23,27)/t14-,15-. The van der Waals surface area contributed by atoms with Crippen molar-refractivity contribution in [3.63, 3.8) is 0 Å². The van der Waals surface area contributed by atoms with Crippen molar-refractivity contribution in [2.45, 2.75) is 44.8 Å². The van der Waals surface area contributed by atoms with E-state index in [1.54, 1.807) is 30.4 Å². The number of imidazole rings is 1. The molecule has 0 spiro atoms. The van der Waals surface area contributed by atoms with Gasteiger partial charge in [-0.15, -0.1) is 0 Å². The van der Waals surface area contributed by atoms with E-state index >= 15 is 0 Å². The first-order valence-electron chi connectivity index (χ1n) is 9.91. The summed E-state index contributed by atoms with van der Waals surface area (Å²) in [6, 6.07) is 2.03. The van der Waals surface area contributed by atoms with Crippen molar-refractivity contribution in [3.8, 4) is 5.95 Å². The van der Waals surface area contributed by atoms with Crippen molar-refractivity contribution in [1.29, 1.82) is 0 Å². The van der Waals surface area contributed by atoms with Gasteiger partial charge in [0.1, 0.15) is 6.33 Å². The Kier molecular flexibility index (Phi) is 5.86. The van der Waals surface area contributed by atoms with E-state index in [0.717, 1.165) is 31.4 Å². The van der Waals surface area contributed by atoms with Crippen LogP contribution in [0.1, 0.15) is 41.9 Å². The predicted octanol–water partition coefficient (Wildman–Crippen LogP) is 2.16. The molecule has 1 fully saturated rings. The predicted molar refractivity (Wildman–Crippen MR) is 107 cm³/mol. The lowest BCUT2D eigenvalue weighted by molar-refractivity contribution is -0.00409. The molecule has 0 saturated heterocycles. The Labute approximate surface area is 168 Å². The van der Waals surface area contributed by atoms with Gasteiger partial charge in [0.05, 0.1) is 30.4 Å². The number of methoxy groups -OCH3 is 1. The number of amides is 1. The summed E-state index contributed by atoms with van der Waals surface area (Å²) in [5.41, 5.74) is 2.65. The second kappa shape index (κ2) is 8.71. The maximum absolute atomic E-state index is 13.1. The Bertz CT molecular complexity index is 960. The third kappa shape index (κ3) is 4.46. The lowest BCUT2D eigenvalue weighted by Crippen LogP contribution is -2.39. The highest BCUT2D eigenvalue weighted by atomic mass is 16.5. The summed E-state index contributed by atoms with van der Waals surface area (Å²) in [7, 11) is 1.67. The molecular weight excluding hydrogens is 372 g/mol. The molecule has 2 N–H and O–H groups in total. The molecule has 29 heavy (non-hydrogen) atoms. The number of carbonyl (C=O) groups excluding carboxylic acids is 1. The number of aromatic amines is 1. The van der Waals surface area contributed by atoms with Crippen LogP contribution in [0.3, 0.4) is 0 Å². The summed E-state index contributed by atoms with van der Waals surface area (Å²) < 4.78 is 12.5. The summed E-state index contributed by atoms with van der Waals surface area (Å²) in [4.78, 5) is 29.4. The summed E-state index contributed by atoms with van der Waals surface area (Å²) in [6.07, 6.45) is 8.89. The van der Waals surface area contributed by atoms with E-state index in [9.17, 15) is 4.79 Å². The number of ether oxygens (including phenoxy) is 2. The van der Waals surface area contributed by atoms with Gasteiger partial charge in [0, 0.05) is 31.2 Å². The second-order valence-electron chi connectivity index (χ2n) is 7.37. The van der Waals surface area contributed by atoms with Gasteiger partial charge in [-0.2, -0.15) is 0 Å². The zero-order chi connectivity index (χ0) is 20.2. The second-order valence-corrected chi connectivity index (χ2v) is 7.37. The lowest BCUT2D eigenvalue weighted by Gasteiger charge is -2.29. The smallest absolute Gasteiger partial charge is 0.272 e. The molecule has 1 aliphatic rings. The van der Waals surface area contributed by atoms with Crippen LogP contribution in [0.2, 0.25) is 0 Å². The third-order valence-corrected chi connectivity index (χ3v) is 5.20. The highest BCUT2D eigenvalue weighted by Gasteiger charge is 2.25. The van der Waals surface area contributed by atoms with Crippen LogP contribution in [-0.2, 0) is 9.47 Å².